The monoisotopic (exact) mass is 450 g/mol. The van der Waals surface area contributed by atoms with Gasteiger partial charge >= 0.3 is 11.8 Å². The summed E-state index contributed by atoms with van der Waals surface area (Å²) in [5.41, 5.74) is 3.84. The highest BCUT2D eigenvalue weighted by Crippen LogP contribution is 2.21. The van der Waals surface area contributed by atoms with Gasteiger partial charge in [0.05, 0.1) is 22.9 Å². The van der Waals surface area contributed by atoms with Crippen LogP contribution in [-0.4, -0.2) is 18.0 Å². The van der Waals surface area contributed by atoms with E-state index >= 15 is 0 Å². The summed E-state index contributed by atoms with van der Waals surface area (Å²) in [4.78, 5) is 23.7. The van der Waals surface area contributed by atoms with Gasteiger partial charge in [-0.25, -0.2) is 9.82 Å². The predicted molar refractivity (Wildman–Crippen MR) is 118 cm³/mol. The second-order valence-corrected chi connectivity index (χ2v) is 6.81. The first-order valence-corrected chi connectivity index (χ1v) is 9.64. The van der Waals surface area contributed by atoms with E-state index in [1.165, 1.54) is 42.6 Å². The molecule has 3 aromatic carbocycles. The molecule has 7 nitrogen and oxygen atoms in total. The maximum absolute atomic E-state index is 13.8. The zero-order valence-corrected chi connectivity index (χ0v) is 17.3. The lowest BCUT2D eigenvalue weighted by molar-refractivity contribution is -0.136. The summed E-state index contributed by atoms with van der Waals surface area (Å²) in [5, 5.41) is 15.2. The van der Waals surface area contributed by atoms with Crippen LogP contribution in [0.3, 0.4) is 0 Å². The van der Waals surface area contributed by atoms with E-state index in [1.54, 1.807) is 30.3 Å². The summed E-state index contributed by atoms with van der Waals surface area (Å²) in [7, 11) is 0. The van der Waals surface area contributed by atoms with E-state index in [0.717, 1.165) is 0 Å². The Morgan fingerprint density at radius 1 is 1.06 bits per heavy atom. The van der Waals surface area contributed by atoms with E-state index in [-0.39, 0.29) is 17.2 Å². The number of nitriles is 1. The molecule has 0 saturated heterocycles. The number of halogens is 2. The molecule has 0 radical (unpaired) electrons. The number of rotatable bonds is 6. The molecular weight excluding hydrogens is 435 g/mol. The topological polar surface area (TPSA) is 104 Å². The number of anilines is 1. The van der Waals surface area contributed by atoms with Crippen molar-refractivity contribution in [1.29, 1.82) is 5.26 Å². The molecule has 0 aliphatic heterocycles. The van der Waals surface area contributed by atoms with Crippen molar-refractivity contribution in [3.8, 4) is 11.8 Å². The standard InChI is InChI=1S/C23H16ClFN4O3/c24-20-2-1-3-21(25)19(20)14-32-18-10-6-16(7-11-18)13-27-29-23(31)22(30)28-17-8-4-15(12-26)5-9-17/h1-11,13H,14H2,(H,28,30)(H,29,31)/b27-13+. The number of amides is 2. The average molecular weight is 451 g/mol. The highest BCUT2D eigenvalue weighted by atomic mass is 35.5. The van der Waals surface area contributed by atoms with Crippen LogP contribution < -0.4 is 15.5 Å². The highest BCUT2D eigenvalue weighted by molar-refractivity contribution is 6.39. The van der Waals surface area contributed by atoms with E-state index in [2.05, 4.69) is 15.8 Å². The van der Waals surface area contributed by atoms with Crippen molar-refractivity contribution in [2.75, 3.05) is 5.32 Å². The fourth-order valence-electron chi connectivity index (χ4n) is 2.51. The molecule has 0 bridgehead atoms. The van der Waals surface area contributed by atoms with E-state index in [9.17, 15) is 14.0 Å². The third kappa shape index (κ3) is 6.14. The summed E-state index contributed by atoms with van der Waals surface area (Å²) in [6.45, 7) is -0.0245. The first kappa shape index (κ1) is 22.5. The molecule has 2 amide bonds. The van der Waals surface area contributed by atoms with Gasteiger partial charge < -0.3 is 10.1 Å². The van der Waals surface area contributed by atoms with Crippen LogP contribution in [0.5, 0.6) is 5.75 Å². The Bertz CT molecular complexity index is 1170. The minimum absolute atomic E-state index is 0.0245. The SMILES string of the molecule is N#Cc1ccc(NC(=O)C(=O)N/N=C/c2ccc(OCc3c(F)cccc3Cl)cc2)cc1. The van der Waals surface area contributed by atoms with Crippen molar-refractivity contribution in [2.45, 2.75) is 6.61 Å². The van der Waals surface area contributed by atoms with Crippen LogP contribution in [-0.2, 0) is 16.2 Å². The van der Waals surface area contributed by atoms with E-state index in [4.69, 9.17) is 21.6 Å². The van der Waals surface area contributed by atoms with Gasteiger partial charge in [-0.1, -0.05) is 17.7 Å². The second-order valence-electron chi connectivity index (χ2n) is 6.40. The Morgan fingerprint density at radius 3 is 2.44 bits per heavy atom. The molecular formula is C23H16ClFN4O3. The highest BCUT2D eigenvalue weighted by Gasteiger charge is 2.12. The van der Waals surface area contributed by atoms with Gasteiger partial charge in [0.1, 0.15) is 18.2 Å². The van der Waals surface area contributed by atoms with Crippen molar-refractivity contribution in [3.63, 3.8) is 0 Å². The average Bonchev–Trinajstić information content (AvgIpc) is 2.80. The molecule has 32 heavy (non-hydrogen) atoms. The largest absolute Gasteiger partial charge is 0.489 e. The zero-order chi connectivity index (χ0) is 22.9. The minimum Gasteiger partial charge on any atom is -0.489 e. The Balaban J connectivity index is 1.49. The Morgan fingerprint density at radius 2 is 1.78 bits per heavy atom. The van der Waals surface area contributed by atoms with Gasteiger partial charge in [-0.2, -0.15) is 10.4 Å². The van der Waals surface area contributed by atoms with Crippen LogP contribution in [0.15, 0.2) is 71.8 Å². The van der Waals surface area contributed by atoms with Crippen LogP contribution in [0.4, 0.5) is 10.1 Å². The first-order valence-electron chi connectivity index (χ1n) is 9.26. The van der Waals surface area contributed by atoms with E-state index in [0.29, 0.717) is 22.6 Å². The lowest BCUT2D eigenvalue weighted by Gasteiger charge is -2.09. The number of hydrogen-bond donors (Lipinski definition) is 2. The van der Waals surface area contributed by atoms with Gasteiger partial charge in [0.15, 0.2) is 0 Å². The van der Waals surface area contributed by atoms with E-state index < -0.39 is 17.6 Å². The van der Waals surface area contributed by atoms with Gasteiger partial charge in [0.25, 0.3) is 0 Å². The number of hydrazone groups is 1. The number of hydrogen-bond acceptors (Lipinski definition) is 5. The number of nitrogens with zero attached hydrogens (tertiary/aromatic N) is 2. The van der Waals surface area contributed by atoms with Crippen molar-refractivity contribution in [1.82, 2.24) is 5.43 Å². The van der Waals surface area contributed by atoms with Crippen molar-refractivity contribution in [2.24, 2.45) is 5.10 Å². The van der Waals surface area contributed by atoms with Gasteiger partial charge in [-0.05, 0) is 66.2 Å². The fourth-order valence-corrected chi connectivity index (χ4v) is 2.73. The Hall–Kier alpha value is -4.22. The molecule has 0 aromatic heterocycles. The van der Waals surface area contributed by atoms with Crippen LogP contribution in [0, 0.1) is 17.1 Å². The van der Waals surface area contributed by atoms with Crippen LogP contribution in [0.25, 0.3) is 0 Å². The normalized spacial score (nSPS) is 10.4. The molecule has 9 heteroatoms. The predicted octanol–water partition coefficient (Wildman–Crippen LogP) is 4.02. The molecule has 3 rings (SSSR count). The summed E-state index contributed by atoms with van der Waals surface area (Å²) in [5.74, 6) is -1.80. The number of ether oxygens (including phenoxy) is 1. The van der Waals surface area contributed by atoms with Gasteiger partial charge in [-0.3, -0.25) is 9.59 Å². The van der Waals surface area contributed by atoms with Crippen molar-refractivity contribution < 1.29 is 18.7 Å². The molecule has 160 valence electrons. The summed E-state index contributed by atoms with van der Waals surface area (Å²) < 4.78 is 19.3. The van der Waals surface area contributed by atoms with Crippen LogP contribution >= 0.6 is 11.6 Å². The molecule has 0 saturated carbocycles. The third-order valence-corrected chi connectivity index (χ3v) is 4.54. The maximum Gasteiger partial charge on any atom is 0.329 e. The number of carbonyl (C=O) groups is 2. The lowest BCUT2D eigenvalue weighted by atomic mass is 10.2. The third-order valence-electron chi connectivity index (χ3n) is 4.18. The van der Waals surface area contributed by atoms with Crippen molar-refractivity contribution >= 4 is 35.3 Å². The molecule has 0 fully saturated rings. The maximum atomic E-state index is 13.8. The minimum atomic E-state index is -0.952. The van der Waals surface area contributed by atoms with Crippen LogP contribution in [0.2, 0.25) is 5.02 Å². The number of carbonyl (C=O) groups excluding carboxylic acids is 2. The molecule has 0 heterocycles. The zero-order valence-electron chi connectivity index (χ0n) is 16.5. The first-order chi connectivity index (χ1) is 15.5. The van der Waals surface area contributed by atoms with E-state index in [1.807, 2.05) is 6.07 Å². The molecule has 3 aromatic rings. The molecule has 0 atom stereocenters. The fraction of sp³-hybridized carbons (Fsp3) is 0.0435. The molecule has 0 aliphatic carbocycles. The van der Waals surface area contributed by atoms with Gasteiger partial charge in [0.2, 0.25) is 0 Å². The van der Waals surface area contributed by atoms with Crippen LogP contribution in [0.1, 0.15) is 16.7 Å². The summed E-state index contributed by atoms with van der Waals surface area (Å²) >= 11 is 5.97. The molecule has 0 spiro atoms. The molecule has 0 unspecified atom stereocenters. The summed E-state index contributed by atoms with van der Waals surface area (Å²) in [6, 6.07) is 19.1. The quantitative estimate of drug-likeness (QED) is 0.336. The Labute approximate surface area is 188 Å². The van der Waals surface area contributed by atoms with Crippen molar-refractivity contribution in [3.05, 3.63) is 94.3 Å². The van der Waals surface area contributed by atoms with Gasteiger partial charge in [-0.15, -0.1) is 0 Å². The summed E-state index contributed by atoms with van der Waals surface area (Å²) in [6.07, 6.45) is 1.35. The number of benzene rings is 3. The Kier molecular flexibility index (Phi) is 7.51. The molecule has 2 N–H and O–H groups in total. The lowest BCUT2D eigenvalue weighted by Crippen LogP contribution is -2.32. The number of nitrogens with one attached hydrogen (secondary N) is 2. The molecule has 0 aliphatic rings. The van der Waals surface area contributed by atoms with Gasteiger partial charge in [0, 0.05) is 11.3 Å². The second kappa shape index (κ2) is 10.7. The smallest absolute Gasteiger partial charge is 0.329 e.